The highest BCUT2D eigenvalue weighted by Gasteiger charge is 2.15. The van der Waals surface area contributed by atoms with E-state index in [1.165, 1.54) is 24.8 Å². The summed E-state index contributed by atoms with van der Waals surface area (Å²) in [6, 6.07) is 14.3. The van der Waals surface area contributed by atoms with Crippen molar-refractivity contribution in [3.8, 4) is 0 Å². The molecular formula is C14H12N2O3S. The molecule has 2 rings (SSSR count). The average molecular weight is 288 g/mol. The van der Waals surface area contributed by atoms with Crippen molar-refractivity contribution < 1.29 is 9.72 Å². The van der Waals surface area contributed by atoms with Crippen molar-refractivity contribution >= 4 is 29.0 Å². The number of nitrogens with zero attached hydrogens (tertiary/aromatic N) is 1. The van der Waals surface area contributed by atoms with Gasteiger partial charge in [0.1, 0.15) is 5.69 Å². The predicted molar refractivity (Wildman–Crippen MR) is 78.0 cm³/mol. The smallest absolute Gasteiger partial charge is 0.292 e. The number of nitro groups is 1. The molecule has 0 unspecified atom stereocenters. The van der Waals surface area contributed by atoms with Gasteiger partial charge in [-0.15, -0.1) is 0 Å². The van der Waals surface area contributed by atoms with Gasteiger partial charge in [-0.25, -0.2) is 0 Å². The number of anilines is 1. The first kappa shape index (κ1) is 14.1. The fourth-order valence-electron chi connectivity index (χ4n) is 1.65. The molecule has 1 N–H and O–H groups in total. The third kappa shape index (κ3) is 3.58. The van der Waals surface area contributed by atoms with E-state index in [1.54, 1.807) is 12.1 Å². The lowest BCUT2D eigenvalue weighted by Gasteiger charge is -2.06. The predicted octanol–water partition coefficient (Wildman–Crippen LogP) is 3.70. The molecule has 0 aromatic heterocycles. The molecule has 0 atom stereocenters. The van der Waals surface area contributed by atoms with E-state index in [9.17, 15) is 14.9 Å². The first-order chi connectivity index (χ1) is 9.56. The number of rotatable bonds is 4. The van der Waals surface area contributed by atoms with Gasteiger partial charge in [0.25, 0.3) is 5.69 Å². The molecule has 0 radical (unpaired) electrons. The van der Waals surface area contributed by atoms with Crippen LogP contribution >= 0.6 is 11.8 Å². The quantitative estimate of drug-likeness (QED) is 0.687. The topological polar surface area (TPSA) is 72.2 Å². The van der Waals surface area contributed by atoms with Crippen LogP contribution in [0.5, 0.6) is 0 Å². The molecule has 102 valence electrons. The zero-order valence-corrected chi connectivity index (χ0v) is 11.5. The zero-order chi connectivity index (χ0) is 14.5. The van der Waals surface area contributed by atoms with Gasteiger partial charge in [0.05, 0.1) is 4.92 Å². The molecule has 0 spiro atoms. The summed E-state index contributed by atoms with van der Waals surface area (Å²) in [4.78, 5) is 23.4. The number of carbonyl (C=O) groups excluding carboxylic acids is 1. The highest BCUT2D eigenvalue weighted by atomic mass is 32.2. The van der Waals surface area contributed by atoms with Crippen molar-refractivity contribution in [1.82, 2.24) is 0 Å². The summed E-state index contributed by atoms with van der Waals surface area (Å²) in [6.45, 7) is 1.32. The standard InChI is InChI=1S/C14H12N2O3S/c1-10(17)15-13-9-12(7-8-14(13)16(18)19)20-11-5-3-2-4-6-11/h2-9H,1H3,(H,15,17). The lowest BCUT2D eigenvalue weighted by atomic mass is 10.2. The van der Waals surface area contributed by atoms with Gasteiger partial charge in [0.2, 0.25) is 5.91 Å². The molecule has 6 heteroatoms. The summed E-state index contributed by atoms with van der Waals surface area (Å²) >= 11 is 1.48. The molecule has 1 amide bonds. The SMILES string of the molecule is CC(=O)Nc1cc(Sc2ccccc2)ccc1[N+](=O)[O-]. The van der Waals surface area contributed by atoms with Crippen LogP contribution in [0.15, 0.2) is 58.3 Å². The van der Waals surface area contributed by atoms with Gasteiger partial charge in [-0.1, -0.05) is 30.0 Å². The fraction of sp³-hybridized carbons (Fsp3) is 0.0714. The molecule has 0 aliphatic rings. The summed E-state index contributed by atoms with van der Waals surface area (Å²) in [5, 5.41) is 13.4. The van der Waals surface area contributed by atoms with Crippen LogP contribution in [-0.4, -0.2) is 10.8 Å². The fourth-order valence-corrected chi connectivity index (χ4v) is 2.53. The van der Waals surface area contributed by atoms with E-state index in [4.69, 9.17) is 0 Å². The van der Waals surface area contributed by atoms with Gasteiger partial charge >= 0.3 is 0 Å². The highest BCUT2D eigenvalue weighted by molar-refractivity contribution is 7.99. The second-order valence-corrected chi connectivity index (χ2v) is 5.18. The number of carbonyl (C=O) groups is 1. The van der Waals surface area contributed by atoms with Crippen LogP contribution in [0.3, 0.4) is 0 Å². The van der Waals surface area contributed by atoms with Crippen LogP contribution < -0.4 is 5.32 Å². The normalized spacial score (nSPS) is 10.1. The maximum Gasteiger partial charge on any atom is 0.292 e. The van der Waals surface area contributed by atoms with Gasteiger partial charge in [-0.05, 0) is 24.3 Å². The van der Waals surface area contributed by atoms with Gasteiger partial charge in [-0.3, -0.25) is 14.9 Å². The van der Waals surface area contributed by atoms with Crippen LogP contribution in [0, 0.1) is 10.1 Å². The summed E-state index contributed by atoms with van der Waals surface area (Å²) < 4.78 is 0. The largest absolute Gasteiger partial charge is 0.321 e. The number of amides is 1. The minimum Gasteiger partial charge on any atom is -0.321 e. The Balaban J connectivity index is 2.31. The molecule has 0 bridgehead atoms. The molecule has 20 heavy (non-hydrogen) atoms. The van der Waals surface area contributed by atoms with Crippen molar-refractivity contribution in [3.05, 3.63) is 58.6 Å². The maximum absolute atomic E-state index is 11.1. The van der Waals surface area contributed by atoms with Gasteiger partial charge in [0.15, 0.2) is 0 Å². The number of hydrogen-bond donors (Lipinski definition) is 1. The van der Waals surface area contributed by atoms with Gasteiger partial charge in [0, 0.05) is 22.8 Å². The summed E-state index contributed by atoms with van der Waals surface area (Å²) in [5.41, 5.74) is 0.0982. The van der Waals surface area contributed by atoms with Crippen LogP contribution in [0.4, 0.5) is 11.4 Å². The van der Waals surface area contributed by atoms with E-state index >= 15 is 0 Å². The third-order valence-electron chi connectivity index (χ3n) is 2.45. The van der Waals surface area contributed by atoms with Crippen molar-refractivity contribution in [3.63, 3.8) is 0 Å². The molecule has 0 saturated carbocycles. The Labute approximate surface area is 120 Å². The Kier molecular flexibility index (Phi) is 4.37. The first-order valence-corrected chi connectivity index (χ1v) is 6.67. The number of nitro benzene ring substituents is 1. The zero-order valence-electron chi connectivity index (χ0n) is 10.7. The summed E-state index contributed by atoms with van der Waals surface area (Å²) in [6.07, 6.45) is 0. The number of hydrogen-bond acceptors (Lipinski definition) is 4. The minimum atomic E-state index is -0.512. The van der Waals surface area contributed by atoms with E-state index in [-0.39, 0.29) is 17.3 Å². The molecule has 5 nitrogen and oxygen atoms in total. The van der Waals surface area contributed by atoms with Crippen molar-refractivity contribution in [2.75, 3.05) is 5.32 Å². The third-order valence-corrected chi connectivity index (χ3v) is 3.45. The second kappa shape index (κ2) is 6.21. The molecule has 0 fully saturated rings. The average Bonchev–Trinajstić information content (AvgIpc) is 2.39. The van der Waals surface area contributed by atoms with Crippen molar-refractivity contribution in [1.29, 1.82) is 0 Å². The number of benzene rings is 2. The minimum absolute atomic E-state index is 0.113. The second-order valence-electron chi connectivity index (χ2n) is 4.03. The van der Waals surface area contributed by atoms with E-state index in [1.807, 2.05) is 30.3 Å². The van der Waals surface area contributed by atoms with Gasteiger partial charge < -0.3 is 5.32 Å². The van der Waals surface area contributed by atoms with E-state index in [0.717, 1.165) is 9.79 Å². The lowest BCUT2D eigenvalue weighted by Crippen LogP contribution is -2.08. The van der Waals surface area contributed by atoms with E-state index in [2.05, 4.69) is 5.32 Å². The molecule has 2 aromatic rings. The van der Waals surface area contributed by atoms with E-state index < -0.39 is 4.92 Å². The Morgan fingerprint density at radius 1 is 1.15 bits per heavy atom. The van der Waals surface area contributed by atoms with Gasteiger partial charge in [-0.2, -0.15) is 0 Å². The van der Waals surface area contributed by atoms with Crippen LogP contribution in [0.2, 0.25) is 0 Å². The first-order valence-electron chi connectivity index (χ1n) is 5.85. The molecule has 0 saturated heterocycles. The monoisotopic (exact) mass is 288 g/mol. The summed E-state index contributed by atoms with van der Waals surface area (Å²) in [7, 11) is 0. The Hall–Kier alpha value is -2.34. The molecule has 0 aliphatic carbocycles. The number of nitrogens with one attached hydrogen (secondary N) is 1. The van der Waals surface area contributed by atoms with E-state index in [0.29, 0.717) is 0 Å². The Bertz CT molecular complexity index is 644. The lowest BCUT2D eigenvalue weighted by molar-refractivity contribution is -0.384. The molecule has 2 aromatic carbocycles. The molecule has 0 heterocycles. The van der Waals surface area contributed by atoms with Crippen molar-refractivity contribution in [2.24, 2.45) is 0 Å². The van der Waals surface area contributed by atoms with Crippen molar-refractivity contribution in [2.45, 2.75) is 16.7 Å². The maximum atomic E-state index is 11.1. The Morgan fingerprint density at radius 3 is 2.45 bits per heavy atom. The van der Waals surface area contributed by atoms with Crippen LogP contribution in [0.25, 0.3) is 0 Å². The van der Waals surface area contributed by atoms with Crippen LogP contribution in [-0.2, 0) is 4.79 Å². The highest BCUT2D eigenvalue weighted by Crippen LogP contribution is 2.33. The summed E-state index contributed by atoms with van der Waals surface area (Å²) in [5.74, 6) is -0.338. The van der Waals surface area contributed by atoms with Crippen LogP contribution in [0.1, 0.15) is 6.92 Å². The molecule has 0 aliphatic heterocycles. The Morgan fingerprint density at radius 2 is 1.85 bits per heavy atom. The molecular weight excluding hydrogens is 276 g/mol.